The fraction of sp³-hybridized carbons (Fsp3) is 0.0769. The van der Waals surface area contributed by atoms with Crippen LogP contribution in [0.15, 0.2) is 35.1 Å². The molecule has 7 nitrogen and oxygen atoms in total. The smallest absolute Gasteiger partial charge is 0.332 e. The number of aryl methyl sites for hydroxylation is 1. The maximum Gasteiger partial charge on any atom is 0.332 e. The van der Waals surface area contributed by atoms with Gasteiger partial charge >= 0.3 is 5.69 Å². The van der Waals surface area contributed by atoms with Crippen molar-refractivity contribution in [1.29, 1.82) is 0 Å². The fourth-order valence-corrected chi connectivity index (χ4v) is 2.09. The van der Waals surface area contributed by atoms with Crippen molar-refractivity contribution in [2.45, 2.75) is 6.92 Å². The maximum absolute atomic E-state index is 12.1. The van der Waals surface area contributed by atoms with E-state index < -0.39 is 11.6 Å². The molecule has 1 amide bonds. The molecule has 0 bridgehead atoms. The van der Waals surface area contributed by atoms with Crippen molar-refractivity contribution in [1.82, 2.24) is 19.5 Å². The van der Waals surface area contributed by atoms with Crippen molar-refractivity contribution in [3.8, 4) is 5.69 Å². The molecule has 0 saturated carbocycles. The second-order valence-corrected chi connectivity index (χ2v) is 4.28. The summed E-state index contributed by atoms with van der Waals surface area (Å²) in [6, 6.07) is 9.01. The van der Waals surface area contributed by atoms with Crippen molar-refractivity contribution in [3.05, 3.63) is 52.3 Å². The summed E-state index contributed by atoms with van der Waals surface area (Å²) in [6.45, 7) is 1.64. The Morgan fingerprint density at radius 3 is 2.60 bits per heavy atom. The number of imidazole rings is 1. The normalized spacial score (nSPS) is 10.8. The van der Waals surface area contributed by atoms with Crippen LogP contribution in [0.3, 0.4) is 0 Å². The number of para-hydroxylation sites is 1. The first-order chi connectivity index (χ1) is 9.58. The molecule has 0 saturated heterocycles. The largest absolute Gasteiger partial charge is 0.364 e. The summed E-state index contributed by atoms with van der Waals surface area (Å²) in [6.07, 6.45) is 0. The van der Waals surface area contributed by atoms with Gasteiger partial charge < -0.3 is 10.7 Å². The van der Waals surface area contributed by atoms with E-state index >= 15 is 0 Å². The summed E-state index contributed by atoms with van der Waals surface area (Å²) >= 11 is 0. The van der Waals surface area contributed by atoms with Crippen LogP contribution in [-0.2, 0) is 0 Å². The van der Waals surface area contributed by atoms with E-state index in [1.54, 1.807) is 19.1 Å². The van der Waals surface area contributed by atoms with Crippen molar-refractivity contribution in [3.63, 3.8) is 0 Å². The number of nitrogens with one attached hydrogen (secondary N) is 1. The first-order valence-electron chi connectivity index (χ1n) is 5.92. The minimum Gasteiger partial charge on any atom is -0.364 e. The Morgan fingerprint density at radius 1 is 1.25 bits per heavy atom. The number of H-pyrrole nitrogens is 1. The minimum absolute atomic E-state index is 0.0132. The van der Waals surface area contributed by atoms with E-state index in [0.717, 1.165) is 0 Å². The van der Waals surface area contributed by atoms with Gasteiger partial charge in [-0.15, -0.1) is 0 Å². The van der Waals surface area contributed by atoms with Gasteiger partial charge in [0.05, 0.1) is 5.69 Å². The molecule has 0 fully saturated rings. The molecule has 0 aliphatic heterocycles. The summed E-state index contributed by atoms with van der Waals surface area (Å²) in [5, 5.41) is 0. The van der Waals surface area contributed by atoms with E-state index in [0.29, 0.717) is 17.2 Å². The van der Waals surface area contributed by atoms with Gasteiger partial charge in [0.15, 0.2) is 11.3 Å². The average Bonchev–Trinajstić information content (AvgIpc) is 2.74. The lowest BCUT2D eigenvalue weighted by atomic mass is 10.3. The predicted molar refractivity (Wildman–Crippen MR) is 72.7 cm³/mol. The Labute approximate surface area is 113 Å². The number of nitrogens with zero attached hydrogens (tertiary/aromatic N) is 3. The second kappa shape index (κ2) is 4.30. The minimum atomic E-state index is -0.707. The number of fused-ring (bicyclic) bond motifs is 1. The lowest BCUT2D eigenvalue weighted by Crippen LogP contribution is -2.15. The van der Waals surface area contributed by atoms with Crippen LogP contribution in [0.25, 0.3) is 16.9 Å². The summed E-state index contributed by atoms with van der Waals surface area (Å²) in [5.41, 5.74) is 6.14. The van der Waals surface area contributed by atoms with Gasteiger partial charge in [0, 0.05) is 0 Å². The van der Waals surface area contributed by atoms with Gasteiger partial charge in [-0.05, 0) is 19.1 Å². The molecular weight excluding hydrogens is 258 g/mol. The Kier molecular flexibility index (Phi) is 2.60. The van der Waals surface area contributed by atoms with E-state index in [2.05, 4.69) is 15.0 Å². The third kappa shape index (κ3) is 1.76. The number of hydrogen-bond acceptors (Lipinski definition) is 4. The molecular formula is C13H11N5O2. The van der Waals surface area contributed by atoms with Crippen LogP contribution in [0.1, 0.15) is 16.3 Å². The average molecular weight is 269 g/mol. The lowest BCUT2D eigenvalue weighted by Gasteiger charge is -2.03. The van der Waals surface area contributed by atoms with Gasteiger partial charge in [-0.1, -0.05) is 18.2 Å². The van der Waals surface area contributed by atoms with E-state index in [9.17, 15) is 9.59 Å². The molecule has 7 heteroatoms. The first kappa shape index (κ1) is 12.1. The quantitative estimate of drug-likeness (QED) is 0.707. The fourth-order valence-electron chi connectivity index (χ4n) is 2.09. The summed E-state index contributed by atoms with van der Waals surface area (Å²) in [4.78, 5) is 34.3. The SMILES string of the molecule is Cc1nc(C(N)=O)c2[nH]c(=O)n(-c3ccccc3)c2n1. The van der Waals surface area contributed by atoms with Gasteiger partial charge in [-0.25, -0.2) is 19.3 Å². The van der Waals surface area contributed by atoms with Crippen molar-refractivity contribution >= 4 is 17.1 Å². The highest BCUT2D eigenvalue weighted by Crippen LogP contribution is 2.15. The second-order valence-electron chi connectivity index (χ2n) is 4.28. The Hall–Kier alpha value is -2.96. The molecule has 3 N–H and O–H groups in total. The zero-order valence-corrected chi connectivity index (χ0v) is 10.6. The molecule has 1 aromatic carbocycles. The number of benzene rings is 1. The number of carbonyl (C=O) groups excluding carboxylic acids is 1. The number of aromatic nitrogens is 4. The molecule has 20 heavy (non-hydrogen) atoms. The number of carbonyl (C=O) groups is 1. The maximum atomic E-state index is 12.1. The van der Waals surface area contributed by atoms with Crippen LogP contribution in [0.5, 0.6) is 0 Å². The standard InChI is InChI=1S/C13H11N5O2/c1-7-15-9(11(14)19)10-12(16-7)18(13(20)17-10)8-5-3-2-4-6-8/h2-6H,1H3,(H2,14,19)(H,17,20). The van der Waals surface area contributed by atoms with E-state index in [4.69, 9.17) is 5.73 Å². The van der Waals surface area contributed by atoms with Gasteiger partial charge in [0.2, 0.25) is 0 Å². The van der Waals surface area contributed by atoms with Crippen LogP contribution >= 0.6 is 0 Å². The van der Waals surface area contributed by atoms with Crippen LogP contribution < -0.4 is 11.4 Å². The monoisotopic (exact) mass is 269 g/mol. The van der Waals surface area contributed by atoms with Crippen LogP contribution in [0.4, 0.5) is 0 Å². The predicted octanol–water partition coefficient (Wildman–Crippen LogP) is 0.516. The van der Waals surface area contributed by atoms with Crippen LogP contribution in [-0.4, -0.2) is 25.4 Å². The third-order valence-corrected chi connectivity index (χ3v) is 2.90. The Balaban J connectivity index is 2.43. The highest BCUT2D eigenvalue weighted by atomic mass is 16.2. The molecule has 0 aliphatic rings. The number of aromatic amines is 1. The van der Waals surface area contributed by atoms with Crippen molar-refractivity contribution in [2.24, 2.45) is 5.73 Å². The number of primary amides is 1. The zero-order valence-electron chi connectivity index (χ0n) is 10.6. The van der Waals surface area contributed by atoms with E-state index in [-0.39, 0.29) is 11.2 Å². The molecule has 0 unspecified atom stereocenters. The number of nitrogens with two attached hydrogens (primary N) is 1. The Bertz CT molecular complexity index is 864. The van der Waals surface area contributed by atoms with Gasteiger partial charge in [-0.2, -0.15) is 0 Å². The summed E-state index contributed by atoms with van der Waals surface area (Å²) < 4.78 is 1.39. The topological polar surface area (TPSA) is 107 Å². The molecule has 2 aromatic heterocycles. The zero-order chi connectivity index (χ0) is 14.3. The van der Waals surface area contributed by atoms with Crippen molar-refractivity contribution < 1.29 is 4.79 Å². The third-order valence-electron chi connectivity index (χ3n) is 2.90. The molecule has 0 spiro atoms. The van der Waals surface area contributed by atoms with Crippen LogP contribution in [0, 0.1) is 6.92 Å². The van der Waals surface area contributed by atoms with Crippen molar-refractivity contribution in [2.75, 3.05) is 0 Å². The highest BCUT2D eigenvalue weighted by Gasteiger charge is 2.17. The first-order valence-corrected chi connectivity index (χ1v) is 5.92. The lowest BCUT2D eigenvalue weighted by molar-refractivity contribution is 0.0997. The number of amides is 1. The number of hydrogen-bond donors (Lipinski definition) is 2. The molecule has 100 valence electrons. The molecule has 0 atom stereocenters. The molecule has 0 aliphatic carbocycles. The van der Waals surface area contributed by atoms with Gasteiger partial charge in [0.25, 0.3) is 5.91 Å². The number of rotatable bonds is 2. The van der Waals surface area contributed by atoms with E-state index in [1.807, 2.05) is 18.2 Å². The molecule has 3 rings (SSSR count). The molecule has 3 aromatic rings. The van der Waals surface area contributed by atoms with Crippen LogP contribution in [0.2, 0.25) is 0 Å². The van der Waals surface area contributed by atoms with E-state index in [1.165, 1.54) is 4.57 Å². The van der Waals surface area contributed by atoms with Gasteiger partial charge in [0.1, 0.15) is 11.3 Å². The summed E-state index contributed by atoms with van der Waals surface area (Å²) in [5.74, 6) is -0.336. The summed E-state index contributed by atoms with van der Waals surface area (Å²) in [7, 11) is 0. The molecule has 0 radical (unpaired) electrons. The van der Waals surface area contributed by atoms with Gasteiger partial charge in [-0.3, -0.25) is 4.79 Å². The highest BCUT2D eigenvalue weighted by molar-refractivity contribution is 6.01. The molecule has 2 heterocycles. The Morgan fingerprint density at radius 2 is 1.95 bits per heavy atom.